The van der Waals surface area contributed by atoms with Gasteiger partial charge in [-0.15, -0.1) is 0 Å². The Morgan fingerprint density at radius 2 is 1.61 bits per heavy atom. The van der Waals surface area contributed by atoms with Crippen molar-refractivity contribution in [3.8, 4) is 5.69 Å². The predicted molar refractivity (Wildman–Crippen MR) is 133 cm³/mol. The highest BCUT2D eigenvalue weighted by Crippen LogP contribution is 2.28. The van der Waals surface area contributed by atoms with Crippen molar-refractivity contribution in [2.24, 2.45) is 5.92 Å². The number of aromatic nitrogens is 2. The van der Waals surface area contributed by atoms with E-state index in [1.807, 2.05) is 5.32 Å². The van der Waals surface area contributed by atoms with E-state index in [0.29, 0.717) is 29.0 Å². The van der Waals surface area contributed by atoms with E-state index in [4.69, 9.17) is 0 Å². The lowest BCUT2D eigenvalue weighted by Crippen LogP contribution is -2.46. The summed E-state index contributed by atoms with van der Waals surface area (Å²) >= 11 is 0. The highest BCUT2D eigenvalue weighted by Gasteiger charge is 2.34. The molecule has 3 heterocycles. The second-order valence-electron chi connectivity index (χ2n) is 10.2. The third-order valence-electron chi connectivity index (χ3n) is 6.61. The van der Waals surface area contributed by atoms with E-state index < -0.39 is 93.6 Å². The Balaban J connectivity index is 1.94. The van der Waals surface area contributed by atoms with Crippen molar-refractivity contribution >= 4 is 22.8 Å². The van der Waals surface area contributed by atoms with Crippen LogP contribution in [0.2, 0.25) is 0 Å². The summed E-state index contributed by atoms with van der Waals surface area (Å²) in [7, 11) is 0. The maximum atomic E-state index is 15.2. The molecule has 0 bridgehead atoms. The lowest BCUT2D eigenvalue weighted by Gasteiger charge is -2.24. The summed E-state index contributed by atoms with van der Waals surface area (Å²) in [5.74, 6) is -7.75. The monoisotopic (exact) mass is 590 g/mol. The first-order valence-electron chi connectivity index (χ1n) is 12.4. The van der Waals surface area contributed by atoms with Crippen molar-refractivity contribution in [1.82, 2.24) is 14.9 Å². The van der Waals surface area contributed by atoms with Crippen molar-refractivity contribution in [2.75, 3.05) is 18.0 Å². The highest BCUT2D eigenvalue weighted by molar-refractivity contribution is 5.97. The maximum absolute atomic E-state index is 15.2. The number of halogens is 7. The summed E-state index contributed by atoms with van der Waals surface area (Å²) < 4.78 is 99.8. The zero-order chi connectivity index (χ0) is 30.3. The summed E-state index contributed by atoms with van der Waals surface area (Å²) in [4.78, 5) is 31.5. The number of aliphatic hydroxyl groups is 2. The number of amides is 1. The molecule has 0 aliphatic carbocycles. The first-order chi connectivity index (χ1) is 19.2. The minimum Gasteiger partial charge on any atom is -0.389 e. The van der Waals surface area contributed by atoms with Crippen LogP contribution >= 0.6 is 0 Å². The number of benzene rings is 1. The molecule has 1 aromatic carbocycles. The Bertz CT molecular complexity index is 1500. The molecule has 1 saturated heterocycles. The SMILES string of the molecule is CC(C)C[C@H](NC(=O)c1cn(-c2c(F)cc(F)cc2F)c2nc(N3C[C@@H](O)[C@H](O)C3)c(F)cc2c1=O)C(F)C(F)F. The van der Waals surface area contributed by atoms with Crippen molar-refractivity contribution in [3.63, 3.8) is 0 Å². The van der Waals surface area contributed by atoms with Crippen LogP contribution < -0.4 is 15.6 Å². The summed E-state index contributed by atoms with van der Waals surface area (Å²) in [5, 5.41) is 21.0. The van der Waals surface area contributed by atoms with Gasteiger partial charge in [0.05, 0.1) is 23.6 Å². The van der Waals surface area contributed by atoms with E-state index in [2.05, 4.69) is 4.98 Å². The fourth-order valence-electron chi connectivity index (χ4n) is 4.67. The number of hydrogen-bond acceptors (Lipinski definition) is 6. The Morgan fingerprint density at radius 3 is 2.15 bits per heavy atom. The standard InChI is InChI=1S/C26H25F7N4O4/c1-10(2)3-17(20(31)23(32)33)34-26(41)13-7-37(21-14(28)4-11(27)5-15(21)29)24-12(22(13)40)6-16(30)25(35-24)36-8-18(38)19(39)9-36/h4-7,10,17-20,23,38-39H,3,8-9H2,1-2H3,(H,34,41)/t17-,18+,19+,20?/m0/s1. The molecule has 0 saturated carbocycles. The third-order valence-corrected chi connectivity index (χ3v) is 6.61. The van der Waals surface area contributed by atoms with Crippen LogP contribution in [0.3, 0.4) is 0 Å². The lowest BCUT2D eigenvalue weighted by atomic mass is 9.99. The smallest absolute Gasteiger partial charge is 0.271 e. The summed E-state index contributed by atoms with van der Waals surface area (Å²) in [5.41, 5.74) is -3.77. The van der Waals surface area contributed by atoms with Gasteiger partial charge in [0.2, 0.25) is 5.43 Å². The predicted octanol–water partition coefficient (Wildman–Crippen LogP) is 3.23. The summed E-state index contributed by atoms with van der Waals surface area (Å²) in [6, 6.07) is -0.550. The van der Waals surface area contributed by atoms with Gasteiger partial charge in [-0.05, 0) is 18.4 Å². The number of anilines is 1. The molecule has 1 amide bonds. The van der Waals surface area contributed by atoms with E-state index in [1.54, 1.807) is 13.8 Å². The molecule has 4 atom stereocenters. The van der Waals surface area contributed by atoms with Gasteiger partial charge in [0.15, 0.2) is 35.1 Å². The minimum atomic E-state index is -3.48. The topological polar surface area (TPSA) is 108 Å². The molecule has 3 N–H and O–H groups in total. The minimum absolute atomic E-state index is 0.257. The maximum Gasteiger partial charge on any atom is 0.271 e. The fourth-order valence-corrected chi connectivity index (χ4v) is 4.67. The number of aliphatic hydroxyl groups excluding tert-OH is 2. The van der Waals surface area contributed by atoms with Gasteiger partial charge in [0.1, 0.15) is 17.1 Å². The molecule has 222 valence electrons. The van der Waals surface area contributed by atoms with Crippen LogP contribution in [-0.2, 0) is 0 Å². The van der Waals surface area contributed by atoms with Gasteiger partial charge >= 0.3 is 0 Å². The van der Waals surface area contributed by atoms with E-state index >= 15 is 4.39 Å². The van der Waals surface area contributed by atoms with Crippen molar-refractivity contribution in [1.29, 1.82) is 0 Å². The lowest BCUT2D eigenvalue weighted by molar-refractivity contribution is 0.0234. The van der Waals surface area contributed by atoms with Gasteiger partial charge in [0, 0.05) is 31.4 Å². The number of alkyl halides is 3. The summed E-state index contributed by atoms with van der Waals surface area (Å²) in [6.45, 7) is 2.58. The molecule has 0 spiro atoms. The Labute approximate surface area is 228 Å². The quantitative estimate of drug-likeness (QED) is 0.348. The van der Waals surface area contributed by atoms with Crippen LogP contribution in [0.5, 0.6) is 0 Å². The van der Waals surface area contributed by atoms with Gasteiger partial charge in [-0.3, -0.25) is 14.2 Å². The first-order valence-corrected chi connectivity index (χ1v) is 12.4. The van der Waals surface area contributed by atoms with Crippen LogP contribution in [0, 0.1) is 29.2 Å². The molecular formula is C26H25F7N4O4. The molecule has 8 nitrogen and oxygen atoms in total. The average molecular weight is 590 g/mol. The van der Waals surface area contributed by atoms with Gasteiger partial charge in [-0.2, -0.15) is 0 Å². The molecule has 0 radical (unpaired) electrons. The zero-order valence-electron chi connectivity index (χ0n) is 21.6. The molecule has 1 unspecified atom stereocenters. The second-order valence-corrected chi connectivity index (χ2v) is 10.2. The molecule has 1 aliphatic rings. The molecule has 4 rings (SSSR count). The number of carbonyl (C=O) groups is 1. The number of nitrogens with one attached hydrogen (secondary N) is 1. The molecular weight excluding hydrogens is 565 g/mol. The molecule has 15 heteroatoms. The van der Waals surface area contributed by atoms with E-state index in [9.17, 15) is 46.1 Å². The van der Waals surface area contributed by atoms with Crippen LogP contribution in [-0.4, -0.2) is 69.6 Å². The first kappa shape index (κ1) is 30.2. The van der Waals surface area contributed by atoms with Gasteiger partial charge in [-0.1, -0.05) is 13.8 Å². The number of hydrogen-bond donors (Lipinski definition) is 3. The van der Waals surface area contributed by atoms with Gasteiger partial charge < -0.3 is 20.4 Å². The molecule has 2 aromatic heterocycles. The number of nitrogens with zero attached hydrogens (tertiary/aromatic N) is 3. The third kappa shape index (κ3) is 6.00. The highest BCUT2D eigenvalue weighted by atomic mass is 19.3. The second kappa shape index (κ2) is 11.6. The van der Waals surface area contributed by atoms with Crippen molar-refractivity contribution in [3.05, 3.63) is 63.5 Å². The largest absolute Gasteiger partial charge is 0.389 e. The van der Waals surface area contributed by atoms with Crippen LogP contribution in [0.1, 0.15) is 30.6 Å². The van der Waals surface area contributed by atoms with E-state index in [0.717, 1.165) is 4.90 Å². The van der Waals surface area contributed by atoms with Gasteiger partial charge in [0.25, 0.3) is 12.3 Å². The number of pyridine rings is 2. The zero-order valence-corrected chi connectivity index (χ0v) is 21.6. The van der Waals surface area contributed by atoms with E-state index in [1.165, 1.54) is 0 Å². The average Bonchev–Trinajstić information content (AvgIpc) is 3.20. The van der Waals surface area contributed by atoms with Crippen molar-refractivity contribution in [2.45, 2.75) is 51.1 Å². The molecule has 1 aliphatic heterocycles. The molecule has 3 aromatic rings. The Hall–Kier alpha value is -3.72. The van der Waals surface area contributed by atoms with E-state index in [-0.39, 0.29) is 25.4 Å². The normalized spacial score (nSPS) is 18.9. The number of fused-ring (bicyclic) bond motifs is 1. The van der Waals surface area contributed by atoms with Crippen LogP contribution in [0.4, 0.5) is 36.6 Å². The number of rotatable bonds is 8. The number of carbonyl (C=O) groups excluding carboxylic acids is 1. The van der Waals surface area contributed by atoms with Crippen molar-refractivity contribution < 1.29 is 45.7 Å². The fraction of sp³-hybridized carbons (Fsp3) is 0.423. The Morgan fingerprint density at radius 1 is 1.02 bits per heavy atom. The molecule has 1 fully saturated rings. The van der Waals surface area contributed by atoms with Crippen LogP contribution in [0.25, 0.3) is 16.7 Å². The molecule has 41 heavy (non-hydrogen) atoms. The summed E-state index contributed by atoms with van der Waals surface area (Å²) in [6.07, 6.45) is -8.51. The van der Waals surface area contributed by atoms with Gasteiger partial charge in [-0.25, -0.2) is 35.7 Å². The van der Waals surface area contributed by atoms with Crippen LogP contribution in [0.15, 0.2) is 29.2 Å². The Kier molecular flexibility index (Phi) is 8.59. The number of β-amino-alcohol motifs (C(OH)–C–C–N with tert-alkyl or cyclic N) is 2.